The fourth-order valence-electron chi connectivity index (χ4n) is 2.84. The van der Waals surface area contributed by atoms with Gasteiger partial charge in [-0.1, -0.05) is 6.92 Å². The molecule has 2 N–H and O–H groups in total. The summed E-state index contributed by atoms with van der Waals surface area (Å²) in [4.78, 5) is 2.20. The third-order valence-electron chi connectivity index (χ3n) is 5.02. The zero-order chi connectivity index (χ0) is 15.6. The second kappa shape index (κ2) is 6.32. The highest BCUT2D eigenvalue weighted by atomic mass is 32.2. The van der Waals surface area contributed by atoms with Crippen LogP contribution in [0.15, 0.2) is 0 Å². The molecule has 0 spiro atoms. The van der Waals surface area contributed by atoms with Crippen molar-refractivity contribution in [2.45, 2.75) is 63.7 Å². The van der Waals surface area contributed by atoms with Crippen molar-refractivity contribution < 1.29 is 8.42 Å². The van der Waals surface area contributed by atoms with Crippen LogP contribution in [0.1, 0.15) is 53.4 Å². The van der Waals surface area contributed by atoms with Crippen LogP contribution in [-0.2, 0) is 9.84 Å². The summed E-state index contributed by atoms with van der Waals surface area (Å²) in [6.07, 6.45) is 4.54. The third kappa shape index (κ3) is 3.95. The van der Waals surface area contributed by atoms with Gasteiger partial charge in [0, 0.05) is 18.6 Å². The highest BCUT2D eigenvalue weighted by Gasteiger charge is 2.37. The molecule has 1 aliphatic rings. The largest absolute Gasteiger partial charge is 0.329 e. The van der Waals surface area contributed by atoms with Crippen LogP contribution in [0.5, 0.6) is 0 Å². The van der Waals surface area contributed by atoms with Crippen LogP contribution in [0.2, 0.25) is 0 Å². The average Bonchev–Trinajstić information content (AvgIpc) is 2.36. The van der Waals surface area contributed by atoms with Gasteiger partial charge >= 0.3 is 0 Å². The molecule has 120 valence electrons. The third-order valence-corrected chi connectivity index (χ3v) is 7.61. The lowest BCUT2D eigenvalue weighted by atomic mass is 9.76. The molecule has 0 atom stereocenters. The predicted molar refractivity (Wildman–Crippen MR) is 85.6 cm³/mol. The molecular formula is C15H32N2O2S. The Hall–Kier alpha value is -0.130. The van der Waals surface area contributed by atoms with Crippen LogP contribution in [0, 0.1) is 5.92 Å². The number of hydrogen-bond donors (Lipinski definition) is 1. The Morgan fingerprint density at radius 1 is 1.25 bits per heavy atom. The molecule has 1 saturated carbocycles. The van der Waals surface area contributed by atoms with Crippen LogP contribution in [0.4, 0.5) is 0 Å². The minimum absolute atomic E-state index is 0.0000850. The number of sulfone groups is 1. The summed E-state index contributed by atoms with van der Waals surface area (Å²) in [5.74, 6) is 0.978. The van der Waals surface area contributed by atoms with Crippen molar-refractivity contribution in [3.63, 3.8) is 0 Å². The van der Waals surface area contributed by atoms with Crippen molar-refractivity contribution >= 4 is 9.84 Å². The molecule has 20 heavy (non-hydrogen) atoms. The van der Waals surface area contributed by atoms with E-state index in [1.165, 1.54) is 12.8 Å². The standard InChI is InChI=1S/C15H32N2O2S/c1-13-6-8-15(12-16,9-7-13)17(5)10-11-20(18,19)14(2,3)4/h13H,6-12,16H2,1-5H3. The van der Waals surface area contributed by atoms with E-state index in [4.69, 9.17) is 5.73 Å². The predicted octanol–water partition coefficient (Wildman–Crippen LogP) is 2.04. The first-order valence-corrected chi connectivity index (χ1v) is 9.33. The second-order valence-corrected chi connectivity index (χ2v) is 10.3. The first-order valence-electron chi connectivity index (χ1n) is 7.68. The van der Waals surface area contributed by atoms with Gasteiger partial charge in [-0.2, -0.15) is 0 Å². The Kier molecular flexibility index (Phi) is 5.67. The Balaban J connectivity index is 2.68. The van der Waals surface area contributed by atoms with Gasteiger partial charge in [0.1, 0.15) is 0 Å². The molecule has 0 saturated heterocycles. The van der Waals surface area contributed by atoms with Crippen LogP contribution in [0.25, 0.3) is 0 Å². The van der Waals surface area contributed by atoms with E-state index in [0.29, 0.717) is 13.1 Å². The number of hydrogen-bond acceptors (Lipinski definition) is 4. The van der Waals surface area contributed by atoms with E-state index in [9.17, 15) is 8.42 Å². The van der Waals surface area contributed by atoms with E-state index in [1.807, 2.05) is 7.05 Å². The van der Waals surface area contributed by atoms with E-state index in [0.717, 1.165) is 18.8 Å². The summed E-state index contributed by atoms with van der Waals surface area (Å²) >= 11 is 0. The number of nitrogens with zero attached hydrogens (tertiary/aromatic N) is 1. The zero-order valence-corrected chi connectivity index (χ0v) is 14.6. The SMILES string of the molecule is CC1CCC(CN)(N(C)CCS(=O)(=O)C(C)(C)C)CC1. The number of nitrogens with two attached hydrogens (primary N) is 1. The molecule has 0 radical (unpaired) electrons. The molecule has 4 nitrogen and oxygen atoms in total. The summed E-state index contributed by atoms with van der Waals surface area (Å²) in [7, 11) is -1.03. The molecule has 0 bridgehead atoms. The molecule has 0 aliphatic heterocycles. The molecule has 0 aromatic heterocycles. The van der Waals surface area contributed by atoms with Crippen LogP contribution >= 0.6 is 0 Å². The molecule has 0 unspecified atom stereocenters. The maximum absolute atomic E-state index is 12.2. The number of likely N-dealkylation sites (N-methyl/N-ethyl adjacent to an activating group) is 1. The van der Waals surface area contributed by atoms with Crippen molar-refractivity contribution in [2.75, 3.05) is 25.9 Å². The Morgan fingerprint density at radius 2 is 1.75 bits per heavy atom. The maximum Gasteiger partial charge on any atom is 0.156 e. The van der Waals surface area contributed by atoms with E-state index in [1.54, 1.807) is 20.8 Å². The van der Waals surface area contributed by atoms with Crippen LogP contribution in [-0.4, -0.2) is 49.5 Å². The van der Waals surface area contributed by atoms with Crippen LogP contribution < -0.4 is 5.73 Å². The van der Waals surface area contributed by atoms with Gasteiger partial charge in [0.15, 0.2) is 9.84 Å². The molecule has 1 aliphatic carbocycles. The van der Waals surface area contributed by atoms with Gasteiger partial charge in [0.2, 0.25) is 0 Å². The fourth-order valence-corrected chi connectivity index (χ4v) is 3.97. The maximum atomic E-state index is 12.2. The first-order chi connectivity index (χ1) is 9.04. The fraction of sp³-hybridized carbons (Fsp3) is 1.00. The lowest BCUT2D eigenvalue weighted by molar-refractivity contribution is 0.0732. The summed E-state index contributed by atoms with van der Waals surface area (Å²) in [5, 5.41) is 0. The summed E-state index contributed by atoms with van der Waals surface area (Å²) in [6.45, 7) is 8.78. The van der Waals surface area contributed by atoms with Gasteiger partial charge in [-0.05, 0) is 59.4 Å². The van der Waals surface area contributed by atoms with Gasteiger partial charge in [-0.15, -0.1) is 0 Å². The Morgan fingerprint density at radius 3 is 2.15 bits per heavy atom. The highest BCUT2D eigenvalue weighted by molar-refractivity contribution is 7.92. The first kappa shape index (κ1) is 17.9. The normalized spacial score (nSPS) is 28.9. The minimum atomic E-state index is -3.06. The smallest absolute Gasteiger partial charge is 0.156 e. The van der Waals surface area contributed by atoms with E-state index in [-0.39, 0.29) is 11.3 Å². The summed E-state index contributed by atoms with van der Waals surface area (Å²) in [5.41, 5.74) is 6.02. The molecule has 5 heteroatoms. The van der Waals surface area contributed by atoms with Gasteiger partial charge in [0.05, 0.1) is 10.5 Å². The average molecular weight is 305 g/mol. The van der Waals surface area contributed by atoms with Gasteiger partial charge in [-0.25, -0.2) is 8.42 Å². The lowest BCUT2D eigenvalue weighted by Gasteiger charge is -2.45. The quantitative estimate of drug-likeness (QED) is 0.844. The van der Waals surface area contributed by atoms with E-state index in [2.05, 4.69) is 11.8 Å². The van der Waals surface area contributed by atoms with Crippen molar-refractivity contribution in [2.24, 2.45) is 11.7 Å². The lowest BCUT2D eigenvalue weighted by Crippen LogP contribution is -2.55. The van der Waals surface area contributed by atoms with Crippen LogP contribution in [0.3, 0.4) is 0 Å². The Bertz CT molecular complexity index is 404. The van der Waals surface area contributed by atoms with Gasteiger partial charge in [0.25, 0.3) is 0 Å². The molecule has 0 aromatic rings. The minimum Gasteiger partial charge on any atom is -0.329 e. The van der Waals surface area contributed by atoms with Crippen molar-refractivity contribution in [3.05, 3.63) is 0 Å². The van der Waals surface area contributed by atoms with E-state index >= 15 is 0 Å². The van der Waals surface area contributed by atoms with Gasteiger partial charge in [-0.3, -0.25) is 4.90 Å². The van der Waals surface area contributed by atoms with E-state index < -0.39 is 14.6 Å². The number of rotatable bonds is 5. The van der Waals surface area contributed by atoms with Crippen molar-refractivity contribution in [3.8, 4) is 0 Å². The molecule has 1 fully saturated rings. The van der Waals surface area contributed by atoms with Crippen molar-refractivity contribution in [1.29, 1.82) is 0 Å². The zero-order valence-electron chi connectivity index (χ0n) is 13.8. The second-order valence-electron chi connectivity index (χ2n) is 7.46. The van der Waals surface area contributed by atoms with Crippen molar-refractivity contribution in [1.82, 2.24) is 4.90 Å². The monoisotopic (exact) mass is 304 g/mol. The molecule has 0 amide bonds. The summed E-state index contributed by atoms with van der Waals surface area (Å²) in [6, 6.07) is 0. The topological polar surface area (TPSA) is 63.4 Å². The molecular weight excluding hydrogens is 272 g/mol. The summed E-state index contributed by atoms with van der Waals surface area (Å²) < 4.78 is 23.8. The molecule has 0 heterocycles. The molecule has 0 aromatic carbocycles. The van der Waals surface area contributed by atoms with Gasteiger partial charge < -0.3 is 5.73 Å². The Labute approximate surface area is 125 Å². The molecule has 1 rings (SSSR count). The highest BCUT2D eigenvalue weighted by Crippen LogP contribution is 2.35.